The largest absolute Gasteiger partial charge is 0.323 e. The highest BCUT2D eigenvalue weighted by Crippen LogP contribution is 2.25. The summed E-state index contributed by atoms with van der Waals surface area (Å²) in [5.41, 5.74) is 7.40. The second-order valence-electron chi connectivity index (χ2n) is 6.02. The summed E-state index contributed by atoms with van der Waals surface area (Å²) in [6.07, 6.45) is 5.96. The molecule has 1 saturated carbocycles. The smallest absolute Gasteiger partial charge is 0.0431 e. The molecule has 0 aliphatic heterocycles. The fourth-order valence-electron chi connectivity index (χ4n) is 3.18. The van der Waals surface area contributed by atoms with E-state index in [9.17, 15) is 4.21 Å². The normalized spacial score (nSPS) is 19.5. The molecule has 1 fully saturated rings. The Bertz CT molecular complexity index is 634. The molecule has 2 N–H and O–H groups in total. The van der Waals surface area contributed by atoms with Crippen LogP contribution >= 0.6 is 0 Å². The molecule has 1 aliphatic carbocycles. The van der Waals surface area contributed by atoms with Gasteiger partial charge in [0.2, 0.25) is 0 Å². The lowest BCUT2D eigenvalue weighted by molar-refractivity contribution is 0.503. The highest BCUT2D eigenvalue weighted by Gasteiger charge is 2.22. The van der Waals surface area contributed by atoms with E-state index in [0.717, 1.165) is 18.4 Å². The zero-order chi connectivity index (χ0) is 14.7. The zero-order valence-corrected chi connectivity index (χ0v) is 13.1. The van der Waals surface area contributed by atoms with Gasteiger partial charge >= 0.3 is 0 Å². The number of fused-ring (bicyclic) bond motifs is 1. The molecule has 2 aromatic rings. The van der Waals surface area contributed by atoms with Crippen LogP contribution in [-0.4, -0.2) is 15.2 Å². The Morgan fingerprint density at radius 2 is 1.76 bits per heavy atom. The van der Waals surface area contributed by atoms with Crippen molar-refractivity contribution in [2.45, 2.75) is 43.4 Å². The van der Waals surface area contributed by atoms with Crippen LogP contribution < -0.4 is 5.73 Å². The molecule has 1 aliphatic rings. The molecule has 2 atom stereocenters. The summed E-state index contributed by atoms with van der Waals surface area (Å²) in [4.78, 5) is 0. The molecule has 0 aromatic heterocycles. The molecule has 3 rings (SSSR count). The minimum Gasteiger partial charge on any atom is -0.323 e. The Morgan fingerprint density at radius 1 is 1.05 bits per heavy atom. The molecule has 21 heavy (non-hydrogen) atoms. The maximum Gasteiger partial charge on any atom is 0.0431 e. The Balaban J connectivity index is 1.71. The Morgan fingerprint density at radius 3 is 2.52 bits per heavy atom. The van der Waals surface area contributed by atoms with Gasteiger partial charge < -0.3 is 5.73 Å². The van der Waals surface area contributed by atoms with Crippen molar-refractivity contribution in [2.24, 2.45) is 5.73 Å². The van der Waals surface area contributed by atoms with Crippen LogP contribution in [0.3, 0.4) is 0 Å². The van der Waals surface area contributed by atoms with Gasteiger partial charge in [-0.15, -0.1) is 0 Å². The third-order valence-corrected chi connectivity index (χ3v) is 6.37. The molecular weight excluding hydrogens is 278 g/mol. The maximum absolute atomic E-state index is 12.5. The van der Waals surface area contributed by atoms with Gasteiger partial charge in [-0.25, -0.2) is 0 Å². The van der Waals surface area contributed by atoms with Crippen molar-refractivity contribution in [3.63, 3.8) is 0 Å². The zero-order valence-electron chi connectivity index (χ0n) is 12.3. The van der Waals surface area contributed by atoms with Gasteiger partial charge in [0.1, 0.15) is 0 Å². The molecule has 2 nitrogen and oxygen atoms in total. The summed E-state index contributed by atoms with van der Waals surface area (Å²) in [5, 5.41) is 2.79. The van der Waals surface area contributed by atoms with Crippen molar-refractivity contribution in [2.75, 3.05) is 5.75 Å². The summed E-state index contributed by atoms with van der Waals surface area (Å²) >= 11 is 0. The molecule has 2 unspecified atom stereocenters. The van der Waals surface area contributed by atoms with E-state index < -0.39 is 10.8 Å². The van der Waals surface area contributed by atoms with E-state index in [1.807, 2.05) is 12.1 Å². The van der Waals surface area contributed by atoms with Crippen LogP contribution in [0, 0.1) is 0 Å². The molecule has 0 heterocycles. The summed E-state index contributed by atoms with van der Waals surface area (Å²) < 4.78 is 12.5. The number of nitrogens with two attached hydrogens (primary N) is 1. The van der Waals surface area contributed by atoms with Crippen LogP contribution in [0.1, 0.15) is 43.7 Å². The van der Waals surface area contributed by atoms with Crippen LogP contribution in [0.15, 0.2) is 42.5 Å². The highest BCUT2D eigenvalue weighted by atomic mass is 32.2. The van der Waals surface area contributed by atoms with E-state index in [0.29, 0.717) is 11.0 Å². The lowest BCUT2D eigenvalue weighted by Gasteiger charge is -2.22. The van der Waals surface area contributed by atoms with E-state index in [1.54, 1.807) is 0 Å². The van der Waals surface area contributed by atoms with E-state index in [-0.39, 0.29) is 6.04 Å². The predicted octanol–water partition coefficient (Wildman–Crippen LogP) is 3.92. The molecule has 112 valence electrons. The fraction of sp³-hybridized carbons (Fsp3) is 0.444. The Hall–Kier alpha value is -1.19. The molecule has 0 radical (unpaired) electrons. The minimum absolute atomic E-state index is 0.127. The van der Waals surface area contributed by atoms with Gasteiger partial charge in [0.05, 0.1) is 0 Å². The average molecular weight is 301 g/mol. The summed E-state index contributed by atoms with van der Waals surface area (Å²) in [5.74, 6) is 0.586. The first-order valence-electron chi connectivity index (χ1n) is 7.85. The second-order valence-corrected chi connectivity index (χ2v) is 7.78. The average Bonchev–Trinajstić information content (AvgIpc) is 2.55. The summed E-state index contributed by atoms with van der Waals surface area (Å²) in [6, 6.07) is 14.5. The monoisotopic (exact) mass is 301 g/mol. The number of hydrogen-bond acceptors (Lipinski definition) is 2. The van der Waals surface area contributed by atoms with Crippen LogP contribution in [0.25, 0.3) is 10.8 Å². The lowest BCUT2D eigenvalue weighted by Crippen LogP contribution is -2.26. The van der Waals surface area contributed by atoms with Crippen molar-refractivity contribution in [3.05, 3.63) is 48.0 Å². The first-order chi connectivity index (χ1) is 10.2. The third-order valence-electron chi connectivity index (χ3n) is 4.47. The summed E-state index contributed by atoms with van der Waals surface area (Å²) in [7, 11) is -0.796. The maximum atomic E-state index is 12.5. The van der Waals surface area contributed by atoms with Gasteiger partial charge in [-0.3, -0.25) is 4.21 Å². The van der Waals surface area contributed by atoms with Crippen LogP contribution in [0.5, 0.6) is 0 Å². The Kier molecular flexibility index (Phi) is 4.71. The first kappa shape index (κ1) is 14.7. The highest BCUT2D eigenvalue weighted by molar-refractivity contribution is 7.85. The standard InChI is InChI=1S/C18H23NOS/c19-18(13-21(20)17-8-2-1-3-9-17)16-11-10-14-6-4-5-7-15(14)12-16/h4-7,10-12,17-18H,1-3,8-9,13,19H2. The van der Waals surface area contributed by atoms with E-state index in [2.05, 4.69) is 30.3 Å². The molecule has 0 amide bonds. The van der Waals surface area contributed by atoms with Gasteiger partial charge in [-0.2, -0.15) is 0 Å². The minimum atomic E-state index is -0.796. The van der Waals surface area contributed by atoms with E-state index in [1.165, 1.54) is 30.0 Å². The van der Waals surface area contributed by atoms with Crippen molar-refractivity contribution in [1.29, 1.82) is 0 Å². The predicted molar refractivity (Wildman–Crippen MR) is 90.8 cm³/mol. The molecule has 0 saturated heterocycles. The number of benzene rings is 2. The molecular formula is C18H23NOS. The Labute approximate surface area is 129 Å². The molecule has 3 heteroatoms. The van der Waals surface area contributed by atoms with Crippen molar-refractivity contribution in [3.8, 4) is 0 Å². The lowest BCUT2D eigenvalue weighted by atomic mass is 10.0. The van der Waals surface area contributed by atoms with E-state index in [4.69, 9.17) is 5.73 Å². The van der Waals surface area contributed by atoms with Crippen LogP contribution in [-0.2, 0) is 10.8 Å². The molecule has 0 spiro atoms. The number of hydrogen-bond donors (Lipinski definition) is 1. The van der Waals surface area contributed by atoms with Crippen molar-refractivity contribution in [1.82, 2.24) is 0 Å². The van der Waals surface area contributed by atoms with Crippen LogP contribution in [0.2, 0.25) is 0 Å². The third kappa shape index (κ3) is 3.53. The van der Waals surface area contributed by atoms with Gasteiger partial charge in [-0.1, -0.05) is 55.7 Å². The van der Waals surface area contributed by atoms with Gasteiger partial charge in [-0.05, 0) is 35.2 Å². The topological polar surface area (TPSA) is 43.1 Å². The summed E-state index contributed by atoms with van der Waals surface area (Å²) in [6.45, 7) is 0. The first-order valence-corrected chi connectivity index (χ1v) is 9.24. The second kappa shape index (κ2) is 6.71. The van der Waals surface area contributed by atoms with Crippen molar-refractivity contribution >= 4 is 21.6 Å². The van der Waals surface area contributed by atoms with Crippen molar-refractivity contribution < 1.29 is 4.21 Å². The molecule has 0 bridgehead atoms. The van der Waals surface area contributed by atoms with Gasteiger partial charge in [0.15, 0.2) is 0 Å². The van der Waals surface area contributed by atoms with E-state index >= 15 is 0 Å². The quantitative estimate of drug-likeness (QED) is 0.930. The van der Waals surface area contributed by atoms with Gasteiger partial charge in [0.25, 0.3) is 0 Å². The number of rotatable bonds is 4. The van der Waals surface area contributed by atoms with Crippen LogP contribution in [0.4, 0.5) is 0 Å². The SMILES string of the molecule is NC(CS(=O)C1CCCCC1)c1ccc2ccccc2c1. The van der Waals surface area contributed by atoms with Gasteiger partial charge in [0, 0.05) is 27.8 Å². The molecule has 2 aromatic carbocycles. The fourth-order valence-corrected chi connectivity index (χ4v) is 4.85.